The van der Waals surface area contributed by atoms with Gasteiger partial charge in [-0.3, -0.25) is 20.2 Å². The van der Waals surface area contributed by atoms with Crippen molar-refractivity contribution in [3.8, 4) is 0 Å². The Balaban J connectivity index is 1.91. The summed E-state index contributed by atoms with van der Waals surface area (Å²) in [6.45, 7) is 0. The molecule has 0 saturated heterocycles. The van der Waals surface area contributed by atoms with Gasteiger partial charge < -0.3 is 4.90 Å². The molecule has 160 valence electrons. The van der Waals surface area contributed by atoms with E-state index in [9.17, 15) is 26.4 Å². The Morgan fingerprint density at radius 1 is 1.28 bits per heavy atom. The molecule has 0 spiro atoms. The summed E-state index contributed by atoms with van der Waals surface area (Å²) in [6, 6.07) is 1.88. The van der Waals surface area contributed by atoms with Gasteiger partial charge in [-0.2, -0.15) is 13.2 Å². The summed E-state index contributed by atoms with van der Waals surface area (Å²) in [5.74, 6) is -1.78. The maximum absolute atomic E-state index is 12.6. The minimum absolute atomic E-state index is 0.0241. The highest BCUT2D eigenvalue weighted by Gasteiger charge is 2.32. The Kier molecular flexibility index (Phi) is 7.17. The van der Waals surface area contributed by atoms with Gasteiger partial charge in [0.1, 0.15) is 22.3 Å². The van der Waals surface area contributed by atoms with Gasteiger partial charge >= 0.3 is 6.18 Å². The van der Waals surface area contributed by atoms with Crippen molar-refractivity contribution in [3.63, 3.8) is 0 Å². The molecule has 0 aliphatic heterocycles. The van der Waals surface area contributed by atoms with Crippen molar-refractivity contribution >= 4 is 50.2 Å². The van der Waals surface area contributed by atoms with Gasteiger partial charge in [-0.1, -0.05) is 24.4 Å². The molecule has 0 bridgehead atoms. The van der Waals surface area contributed by atoms with E-state index in [1.54, 1.807) is 7.05 Å². The van der Waals surface area contributed by atoms with Gasteiger partial charge in [0.25, 0.3) is 5.91 Å². The molecule has 7 nitrogen and oxygen atoms in total. The van der Waals surface area contributed by atoms with Crippen molar-refractivity contribution in [3.05, 3.63) is 29.6 Å². The standard InChI is InChI=1S/C16H19F3N4O3S3/c1-22(14(27)10-3-4-10)9-29(25,26)8-13(24)21-23(2)15(28)11-5-6-12(20-7-11)16(17,18)19/h5-7,10H,3-4,8-9H2,1-2H3,(H,21,24). The number of alkyl halides is 3. The van der Waals surface area contributed by atoms with Crippen molar-refractivity contribution in [2.75, 3.05) is 25.7 Å². The number of sulfone groups is 1. The average molecular weight is 469 g/mol. The van der Waals surface area contributed by atoms with Crippen molar-refractivity contribution in [1.82, 2.24) is 20.3 Å². The van der Waals surface area contributed by atoms with Crippen molar-refractivity contribution in [2.45, 2.75) is 19.0 Å². The fourth-order valence-corrected chi connectivity index (χ4v) is 4.23. The van der Waals surface area contributed by atoms with Crippen LogP contribution in [0.2, 0.25) is 0 Å². The van der Waals surface area contributed by atoms with E-state index in [2.05, 4.69) is 10.4 Å². The molecule has 0 unspecified atom stereocenters. The maximum atomic E-state index is 12.6. The summed E-state index contributed by atoms with van der Waals surface area (Å²) < 4.78 is 62.1. The molecular formula is C16H19F3N4O3S3. The third kappa shape index (κ3) is 6.85. The first-order valence-corrected chi connectivity index (χ1v) is 11.0. The Labute approximate surface area is 177 Å². The molecule has 0 aromatic carbocycles. The van der Waals surface area contributed by atoms with Crippen LogP contribution in [0.25, 0.3) is 0 Å². The van der Waals surface area contributed by atoms with Crippen LogP contribution >= 0.6 is 24.4 Å². The Morgan fingerprint density at radius 2 is 1.90 bits per heavy atom. The molecular weight excluding hydrogens is 449 g/mol. The average Bonchev–Trinajstić information content (AvgIpc) is 3.43. The highest BCUT2D eigenvalue weighted by Crippen LogP contribution is 2.31. The topological polar surface area (TPSA) is 82.6 Å². The van der Waals surface area contributed by atoms with E-state index < -0.39 is 33.4 Å². The predicted octanol–water partition coefficient (Wildman–Crippen LogP) is 1.78. The first kappa shape index (κ1) is 23.4. The van der Waals surface area contributed by atoms with Gasteiger partial charge in [0, 0.05) is 31.8 Å². The molecule has 1 aromatic rings. The van der Waals surface area contributed by atoms with E-state index in [1.165, 1.54) is 11.9 Å². The van der Waals surface area contributed by atoms with Gasteiger partial charge in [-0.15, -0.1) is 0 Å². The van der Waals surface area contributed by atoms with Crippen molar-refractivity contribution in [2.24, 2.45) is 5.92 Å². The number of carbonyl (C=O) groups is 1. The number of aromatic nitrogens is 1. The van der Waals surface area contributed by atoms with Gasteiger partial charge in [0.2, 0.25) is 0 Å². The van der Waals surface area contributed by atoms with Crippen molar-refractivity contribution < 1.29 is 26.4 Å². The zero-order chi connectivity index (χ0) is 22.0. The zero-order valence-electron chi connectivity index (χ0n) is 15.6. The molecule has 1 heterocycles. The number of nitrogens with one attached hydrogen (secondary N) is 1. The minimum Gasteiger partial charge on any atom is -0.355 e. The SMILES string of the molecule is CN(CS(=O)(=O)CC(=O)NN(C)C(=S)c1ccc(C(F)(F)F)nc1)C(=S)C1CC1. The molecule has 29 heavy (non-hydrogen) atoms. The lowest BCUT2D eigenvalue weighted by Gasteiger charge is -2.22. The Bertz CT molecular complexity index is 900. The molecule has 0 atom stereocenters. The molecule has 1 aliphatic rings. The van der Waals surface area contributed by atoms with Gasteiger partial charge in [-0.25, -0.2) is 8.42 Å². The lowest BCUT2D eigenvalue weighted by atomic mass is 10.2. The number of hydrazine groups is 1. The molecule has 0 radical (unpaired) electrons. The number of thiocarbonyl (C=S) groups is 2. The number of hydrogen-bond acceptors (Lipinski definition) is 6. The summed E-state index contributed by atoms with van der Waals surface area (Å²) in [5.41, 5.74) is 1.38. The molecule has 1 fully saturated rings. The maximum Gasteiger partial charge on any atom is 0.433 e. The summed E-state index contributed by atoms with van der Waals surface area (Å²) in [6.07, 6.45) is -1.78. The van der Waals surface area contributed by atoms with Crippen LogP contribution < -0.4 is 5.43 Å². The van der Waals surface area contributed by atoms with Crippen LogP contribution in [0.5, 0.6) is 0 Å². The van der Waals surface area contributed by atoms with Gasteiger partial charge in [-0.05, 0) is 25.0 Å². The quantitative estimate of drug-likeness (QED) is 0.500. The fraction of sp³-hybridized carbons (Fsp3) is 0.500. The molecule has 1 amide bonds. The molecule has 1 saturated carbocycles. The third-order valence-electron chi connectivity index (χ3n) is 3.94. The van der Waals surface area contributed by atoms with Crippen LogP contribution in [0.1, 0.15) is 24.1 Å². The van der Waals surface area contributed by atoms with Crippen LogP contribution in [0.4, 0.5) is 13.2 Å². The fourth-order valence-electron chi connectivity index (χ4n) is 2.40. The smallest absolute Gasteiger partial charge is 0.355 e. The van der Waals surface area contributed by atoms with Crippen LogP contribution in [-0.2, 0) is 20.8 Å². The molecule has 1 aliphatic carbocycles. The Morgan fingerprint density at radius 3 is 2.38 bits per heavy atom. The monoisotopic (exact) mass is 468 g/mol. The van der Waals surface area contributed by atoms with Gasteiger partial charge in [0.15, 0.2) is 9.84 Å². The highest BCUT2D eigenvalue weighted by atomic mass is 32.2. The second kappa shape index (κ2) is 8.88. The lowest BCUT2D eigenvalue weighted by molar-refractivity contribution is -0.141. The number of amides is 1. The third-order valence-corrected chi connectivity index (χ3v) is 6.58. The minimum atomic E-state index is -4.58. The second-order valence-electron chi connectivity index (χ2n) is 6.66. The summed E-state index contributed by atoms with van der Waals surface area (Å²) in [5, 5.41) is 1.05. The summed E-state index contributed by atoms with van der Waals surface area (Å²) >= 11 is 10.3. The summed E-state index contributed by atoms with van der Waals surface area (Å²) in [4.78, 5) is 17.4. The molecule has 1 aromatic heterocycles. The van der Waals surface area contributed by atoms with E-state index in [1.807, 2.05) is 0 Å². The lowest BCUT2D eigenvalue weighted by Crippen LogP contribution is -2.46. The van der Waals surface area contributed by atoms with Crippen LogP contribution in [0, 0.1) is 5.92 Å². The number of carbonyl (C=O) groups excluding carboxylic acids is 1. The predicted molar refractivity (Wildman–Crippen MR) is 109 cm³/mol. The van der Waals surface area contributed by atoms with Crippen molar-refractivity contribution in [1.29, 1.82) is 0 Å². The van der Waals surface area contributed by atoms with E-state index >= 15 is 0 Å². The van der Waals surface area contributed by atoms with Crippen LogP contribution in [0.15, 0.2) is 18.3 Å². The highest BCUT2D eigenvalue weighted by molar-refractivity contribution is 7.92. The Hall–Kier alpha value is -1.86. The number of nitrogens with zero attached hydrogens (tertiary/aromatic N) is 3. The molecule has 13 heteroatoms. The van der Waals surface area contributed by atoms with E-state index in [0.717, 1.165) is 36.2 Å². The van der Waals surface area contributed by atoms with E-state index in [-0.39, 0.29) is 22.3 Å². The first-order valence-electron chi connectivity index (χ1n) is 8.36. The van der Waals surface area contributed by atoms with Gasteiger partial charge in [0.05, 0.1) is 4.99 Å². The van der Waals surface area contributed by atoms with E-state index in [0.29, 0.717) is 4.99 Å². The van der Waals surface area contributed by atoms with Crippen LogP contribution in [0.3, 0.4) is 0 Å². The normalized spacial score (nSPS) is 14.2. The molecule has 1 N–H and O–H groups in total. The largest absolute Gasteiger partial charge is 0.433 e. The number of pyridine rings is 1. The van der Waals surface area contributed by atoms with E-state index in [4.69, 9.17) is 24.4 Å². The number of hydrogen-bond donors (Lipinski definition) is 1. The summed E-state index contributed by atoms with van der Waals surface area (Å²) in [7, 11) is -0.859. The molecule has 2 rings (SSSR count). The van der Waals surface area contributed by atoms with Crippen LogP contribution in [-0.4, -0.2) is 64.9 Å². The number of halogens is 3. The zero-order valence-corrected chi connectivity index (χ0v) is 18.0. The number of rotatable bonds is 6. The first-order chi connectivity index (χ1) is 13.3. The second-order valence-corrected chi connectivity index (χ2v) is 9.50.